The summed E-state index contributed by atoms with van der Waals surface area (Å²) in [7, 11) is 0. The molecule has 0 aliphatic carbocycles. The zero-order chi connectivity index (χ0) is 16.7. The molecule has 8 heteroatoms. The highest BCUT2D eigenvalue weighted by molar-refractivity contribution is 5.87. The van der Waals surface area contributed by atoms with Crippen LogP contribution in [0.4, 0.5) is 10.1 Å². The molecule has 0 saturated carbocycles. The summed E-state index contributed by atoms with van der Waals surface area (Å²) in [5.41, 5.74) is 0.679. The zero-order valence-electron chi connectivity index (χ0n) is 13.1. The van der Waals surface area contributed by atoms with E-state index in [1.165, 1.54) is 12.3 Å². The summed E-state index contributed by atoms with van der Waals surface area (Å²) in [6.07, 6.45) is 3.89. The number of anilines is 1. The number of β-amino-alcohol motifs (C(OH)–C–C–N with tert-alkyl or cyclic N) is 1. The molecule has 0 spiro atoms. The monoisotopic (exact) mass is 329 g/mol. The Hall–Kier alpha value is -2.61. The lowest BCUT2D eigenvalue weighted by Gasteiger charge is -2.22. The number of hydrogen-bond donors (Lipinski definition) is 1. The Morgan fingerprint density at radius 1 is 1.42 bits per heavy atom. The van der Waals surface area contributed by atoms with Crippen LogP contribution >= 0.6 is 0 Å². The van der Waals surface area contributed by atoms with E-state index < -0.39 is 11.4 Å². The predicted octanol–water partition coefficient (Wildman–Crippen LogP) is 1.81. The van der Waals surface area contributed by atoms with Gasteiger partial charge in [0, 0.05) is 31.6 Å². The first kappa shape index (κ1) is 14.9. The Balaban J connectivity index is 1.67. The summed E-state index contributed by atoms with van der Waals surface area (Å²) in [4.78, 5) is 14.5. The fourth-order valence-corrected chi connectivity index (χ4v) is 3.01. The van der Waals surface area contributed by atoms with E-state index in [-0.39, 0.29) is 5.89 Å². The van der Waals surface area contributed by atoms with E-state index in [4.69, 9.17) is 4.52 Å². The van der Waals surface area contributed by atoms with Crippen LogP contribution in [0.5, 0.6) is 0 Å². The molecular weight excluding hydrogens is 313 g/mol. The van der Waals surface area contributed by atoms with E-state index in [1.807, 2.05) is 17.9 Å². The second-order valence-corrected chi connectivity index (χ2v) is 5.92. The number of aromatic nitrogens is 4. The van der Waals surface area contributed by atoms with E-state index in [0.29, 0.717) is 42.8 Å². The van der Waals surface area contributed by atoms with Crippen LogP contribution in [-0.4, -0.2) is 38.3 Å². The summed E-state index contributed by atoms with van der Waals surface area (Å²) >= 11 is 0. The van der Waals surface area contributed by atoms with Crippen molar-refractivity contribution >= 4 is 16.7 Å². The summed E-state index contributed by atoms with van der Waals surface area (Å²) in [5, 5.41) is 14.7. The average molecular weight is 329 g/mol. The van der Waals surface area contributed by atoms with Crippen LogP contribution in [0.25, 0.3) is 11.0 Å². The largest absolute Gasteiger partial charge is 0.378 e. The van der Waals surface area contributed by atoms with Crippen LogP contribution in [-0.2, 0) is 12.0 Å². The highest BCUT2D eigenvalue weighted by Gasteiger charge is 2.43. The molecule has 1 atom stereocenters. The van der Waals surface area contributed by atoms with Gasteiger partial charge in [-0.3, -0.25) is 4.98 Å². The molecule has 0 radical (unpaired) electrons. The van der Waals surface area contributed by atoms with Gasteiger partial charge in [-0.2, -0.15) is 4.98 Å². The second-order valence-electron chi connectivity index (χ2n) is 5.92. The molecule has 1 fully saturated rings. The van der Waals surface area contributed by atoms with Gasteiger partial charge in [-0.15, -0.1) is 0 Å². The third-order valence-electron chi connectivity index (χ3n) is 4.29. The van der Waals surface area contributed by atoms with Gasteiger partial charge < -0.3 is 14.5 Å². The van der Waals surface area contributed by atoms with Gasteiger partial charge in [0.15, 0.2) is 11.4 Å². The highest BCUT2D eigenvalue weighted by atomic mass is 19.1. The fraction of sp³-hybridized carbons (Fsp3) is 0.375. The molecule has 1 aliphatic heterocycles. The molecule has 124 valence electrons. The van der Waals surface area contributed by atoms with Crippen molar-refractivity contribution in [2.75, 3.05) is 18.0 Å². The van der Waals surface area contributed by atoms with Gasteiger partial charge in [0.2, 0.25) is 0 Å². The van der Waals surface area contributed by atoms with Crippen molar-refractivity contribution in [2.45, 2.75) is 25.4 Å². The van der Waals surface area contributed by atoms with Crippen LogP contribution in [0.3, 0.4) is 0 Å². The number of halogens is 1. The molecule has 1 unspecified atom stereocenters. The molecule has 0 bridgehead atoms. The third-order valence-corrected chi connectivity index (χ3v) is 4.29. The summed E-state index contributed by atoms with van der Waals surface area (Å²) in [5.74, 6) is 0.380. The number of aryl methyl sites for hydroxylation is 1. The maximum absolute atomic E-state index is 13.3. The minimum Gasteiger partial charge on any atom is -0.378 e. The Bertz CT molecular complexity index is 899. The van der Waals surface area contributed by atoms with Crippen LogP contribution in [0.2, 0.25) is 0 Å². The molecule has 1 N–H and O–H groups in total. The van der Waals surface area contributed by atoms with Gasteiger partial charge >= 0.3 is 0 Å². The predicted molar refractivity (Wildman–Crippen MR) is 83.9 cm³/mol. The Morgan fingerprint density at radius 3 is 3.08 bits per heavy atom. The number of nitrogens with zero attached hydrogens (tertiary/aromatic N) is 5. The quantitative estimate of drug-likeness (QED) is 0.784. The number of fused-ring (bicyclic) bond motifs is 1. The van der Waals surface area contributed by atoms with Crippen molar-refractivity contribution in [3.8, 4) is 0 Å². The highest BCUT2D eigenvalue weighted by Crippen LogP contribution is 2.35. The molecule has 24 heavy (non-hydrogen) atoms. The lowest BCUT2D eigenvalue weighted by molar-refractivity contribution is 0.0260. The van der Waals surface area contributed by atoms with Gasteiger partial charge in [-0.1, -0.05) is 12.1 Å². The minimum atomic E-state index is -1.20. The lowest BCUT2D eigenvalue weighted by atomic mass is 10.0. The summed E-state index contributed by atoms with van der Waals surface area (Å²) in [6.45, 7) is 2.82. The van der Waals surface area contributed by atoms with E-state index in [0.717, 1.165) is 5.69 Å². The second kappa shape index (κ2) is 5.48. The zero-order valence-corrected chi connectivity index (χ0v) is 13.1. The van der Waals surface area contributed by atoms with Crippen LogP contribution in [0, 0.1) is 5.82 Å². The summed E-state index contributed by atoms with van der Waals surface area (Å²) in [6, 6.07) is 3.16. The summed E-state index contributed by atoms with van der Waals surface area (Å²) < 4.78 is 18.6. The number of hydrogen-bond acceptors (Lipinski definition) is 7. The number of pyridine rings is 2. The van der Waals surface area contributed by atoms with E-state index >= 15 is 0 Å². The van der Waals surface area contributed by atoms with E-state index in [1.54, 1.807) is 6.20 Å². The first-order valence-corrected chi connectivity index (χ1v) is 7.80. The van der Waals surface area contributed by atoms with Gasteiger partial charge in [0.25, 0.3) is 5.89 Å². The number of rotatable bonds is 3. The lowest BCUT2D eigenvalue weighted by Crippen LogP contribution is -2.31. The van der Waals surface area contributed by atoms with Crippen LogP contribution < -0.4 is 4.90 Å². The fourth-order valence-electron chi connectivity index (χ4n) is 3.01. The van der Waals surface area contributed by atoms with Crippen molar-refractivity contribution < 1.29 is 14.0 Å². The molecule has 3 aromatic heterocycles. The topological polar surface area (TPSA) is 88.2 Å². The normalized spacial score (nSPS) is 20.9. The maximum atomic E-state index is 13.3. The smallest absolute Gasteiger partial charge is 0.260 e. The molecule has 1 saturated heterocycles. The average Bonchev–Trinajstić information content (AvgIpc) is 3.21. The first-order valence-electron chi connectivity index (χ1n) is 7.80. The Morgan fingerprint density at radius 2 is 2.29 bits per heavy atom. The molecule has 4 heterocycles. The van der Waals surface area contributed by atoms with Gasteiger partial charge in [-0.05, 0) is 6.07 Å². The molecule has 0 aromatic carbocycles. The van der Waals surface area contributed by atoms with Gasteiger partial charge in [-0.25, -0.2) is 9.37 Å². The van der Waals surface area contributed by atoms with E-state index in [2.05, 4.69) is 20.1 Å². The van der Waals surface area contributed by atoms with Gasteiger partial charge in [0.1, 0.15) is 11.3 Å². The van der Waals surface area contributed by atoms with Crippen molar-refractivity contribution in [3.05, 3.63) is 42.1 Å². The van der Waals surface area contributed by atoms with Crippen LogP contribution in [0.1, 0.15) is 25.1 Å². The molecule has 4 rings (SSSR count). The van der Waals surface area contributed by atoms with Crippen molar-refractivity contribution in [1.29, 1.82) is 0 Å². The Labute approximate surface area is 137 Å². The molecule has 0 amide bonds. The third kappa shape index (κ3) is 2.39. The maximum Gasteiger partial charge on any atom is 0.260 e. The standard InChI is InChI=1S/C16H16FN5O2/c1-2-13-20-15(24-21-13)16(23)4-6-22(9-16)12-3-5-18-11-7-10(17)8-19-14(11)12/h3,5,7-8,23H,2,4,6,9H2,1H3. The molecule has 3 aromatic rings. The SMILES string of the molecule is CCc1noc(C2(O)CCN(c3ccnc4cc(F)cnc34)C2)n1. The van der Waals surface area contributed by atoms with Crippen molar-refractivity contribution in [1.82, 2.24) is 20.1 Å². The molecule has 7 nitrogen and oxygen atoms in total. The van der Waals surface area contributed by atoms with Gasteiger partial charge in [0.05, 0.1) is 23.9 Å². The van der Waals surface area contributed by atoms with E-state index in [9.17, 15) is 9.50 Å². The van der Waals surface area contributed by atoms with Crippen LogP contribution in [0.15, 0.2) is 29.0 Å². The van der Waals surface area contributed by atoms with Crippen molar-refractivity contribution in [3.63, 3.8) is 0 Å². The number of aliphatic hydroxyl groups is 1. The minimum absolute atomic E-state index is 0.235. The first-order chi connectivity index (χ1) is 11.6. The Kier molecular flexibility index (Phi) is 3.42. The van der Waals surface area contributed by atoms with Crippen molar-refractivity contribution in [2.24, 2.45) is 0 Å². The molecule has 1 aliphatic rings. The molecular formula is C16H16FN5O2.